The SMILES string of the molecule is O=C(O)Cc1cc(C(=O)c2ccc(C(=O)O)cc2)ccc1O. The quantitative estimate of drug-likeness (QED) is 0.728. The highest BCUT2D eigenvalue weighted by Gasteiger charge is 2.14. The van der Waals surface area contributed by atoms with E-state index in [1.54, 1.807) is 0 Å². The number of hydrogen-bond donors (Lipinski definition) is 3. The minimum absolute atomic E-state index is 0.0637. The first-order valence-corrected chi connectivity index (χ1v) is 6.30. The molecule has 112 valence electrons. The molecule has 0 fully saturated rings. The van der Waals surface area contributed by atoms with E-state index in [2.05, 4.69) is 0 Å². The number of aromatic hydroxyl groups is 1. The average Bonchev–Trinajstić information content (AvgIpc) is 2.48. The second-order valence-electron chi connectivity index (χ2n) is 4.63. The predicted molar refractivity (Wildman–Crippen MR) is 76.3 cm³/mol. The van der Waals surface area contributed by atoms with Crippen LogP contribution in [0.1, 0.15) is 31.8 Å². The molecule has 3 N–H and O–H groups in total. The molecule has 0 bridgehead atoms. The van der Waals surface area contributed by atoms with Gasteiger partial charge in [-0.25, -0.2) is 4.79 Å². The fraction of sp³-hybridized carbons (Fsp3) is 0.0625. The van der Waals surface area contributed by atoms with E-state index in [-0.39, 0.29) is 33.8 Å². The van der Waals surface area contributed by atoms with Gasteiger partial charge in [0.25, 0.3) is 0 Å². The van der Waals surface area contributed by atoms with Crippen LogP contribution in [0.25, 0.3) is 0 Å². The number of phenols is 1. The summed E-state index contributed by atoms with van der Waals surface area (Å²) in [7, 11) is 0. The summed E-state index contributed by atoms with van der Waals surface area (Å²) < 4.78 is 0. The van der Waals surface area contributed by atoms with Crippen molar-refractivity contribution in [2.24, 2.45) is 0 Å². The molecule has 0 aromatic heterocycles. The van der Waals surface area contributed by atoms with E-state index < -0.39 is 18.4 Å². The van der Waals surface area contributed by atoms with E-state index in [9.17, 15) is 19.5 Å². The molecule has 0 aliphatic carbocycles. The van der Waals surface area contributed by atoms with Crippen LogP contribution in [0.4, 0.5) is 0 Å². The fourth-order valence-electron chi connectivity index (χ4n) is 1.96. The van der Waals surface area contributed by atoms with Crippen molar-refractivity contribution in [3.63, 3.8) is 0 Å². The third kappa shape index (κ3) is 3.29. The van der Waals surface area contributed by atoms with Gasteiger partial charge in [0.05, 0.1) is 12.0 Å². The van der Waals surface area contributed by atoms with Gasteiger partial charge in [-0.3, -0.25) is 9.59 Å². The van der Waals surface area contributed by atoms with E-state index in [4.69, 9.17) is 10.2 Å². The molecule has 0 amide bonds. The molecule has 2 rings (SSSR count). The zero-order valence-electron chi connectivity index (χ0n) is 11.3. The Morgan fingerprint density at radius 2 is 1.36 bits per heavy atom. The molecule has 0 saturated carbocycles. The minimum atomic E-state index is -1.12. The maximum Gasteiger partial charge on any atom is 0.335 e. The first kappa shape index (κ1) is 15.2. The highest BCUT2D eigenvalue weighted by Crippen LogP contribution is 2.21. The Kier molecular flexibility index (Phi) is 4.22. The maximum atomic E-state index is 12.3. The van der Waals surface area contributed by atoms with Gasteiger partial charge in [-0.1, -0.05) is 12.1 Å². The van der Waals surface area contributed by atoms with Crippen LogP contribution in [0, 0.1) is 0 Å². The van der Waals surface area contributed by atoms with Crippen LogP contribution in [0.15, 0.2) is 42.5 Å². The van der Waals surface area contributed by atoms with Crippen molar-refractivity contribution in [2.75, 3.05) is 0 Å². The first-order valence-electron chi connectivity index (χ1n) is 6.30. The Morgan fingerprint density at radius 1 is 0.818 bits per heavy atom. The molecule has 0 atom stereocenters. The standard InChI is InChI=1S/C16H12O6/c17-13-6-5-11(7-12(13)8-14(18)19)15(20)9-1-3-10(4-2-9)16(21)22/h1-7,17H,8H2,(H,18,19)(H,21,22). The van der Waals surface area contributed by atoms with Gasteiger partial charge in [0.2, 0.25) is 0 Å². The van der Waals surface area contributed by atoms with E-state index in [0.717, 1.165) is 0 Å². The molecule has 6 nitrogen and oxygen atoms in total. The number of rotatable bonds is 5. The Bertz CT molecular complexity index is 746. The molecule has 0 heterocycles. The molecule has 0 unspecified atom stereocenters. The topological polar surface area (TPSA) is 112 Å². The van der Waals surface area contributed by atoms with Crippen molar-refractivity contribution in [1.82, 2.24) is 0 Å². The largest absolute Gasteiger partial charge is 0.508 e. The molecular formula is C16H12O6. The Morgan fingerprint density at radius 3 is 1.91 bits per heavy atom. The lowest BCUT2D eigenvalue weighted by molar-refractivity contribution is -0.136. The average molecular weight is 300 g/mol. The van der Waals surface area contributed by atoms with Gasteiger partial charge >= 0.3 is 11.9 Å². The molecule has 0 radical (unpaired) electrons. The molecular weight excluding hydrogens is 288 g/mol. The number of aromatic carboxylic acids is 1. The smallest absolute Gasteiger partial charge is 0.335 e. The molecule has 22 heavy (non-hydrogen) atoms. The number of carboxylic acids is 2. The summed E-state index contributed by atoms with van der Waals surface area (Å²) in [5, 5.41) is 27.2. The molecule has 0 spiro atoms. The number of phenolic OH excluding ortho intramolecular Hbond substituents is 1. The number of aliphatic carboxylic acids is 1. The molecule has 0 aliphatic heterocycles. The monoisotopic (exact) mass is 300 g/mol. The number of benzene rings is 2. The third-order valence-electron chi connectivity index (χ3n) is 3.08. The second-order valence-corrected chi connectivity index (χ2v) is 4.63. The second kappa shape index (κ2) is 6.09. The summed E-state index contributed by atoms with van der Waals surface area (Å²) in [5.74, 6) is -2.79. The predicted octanol–water partition coefficient (Wildman–Crippen LogP) is 1.95. The molecule has 2 aromatic carbocycles. The summed E-state index contributed by atoms with van der Waals surface area (Å²) >= 11 is 0. The molecule has 6 heteroatoms. The van der Waals surface area contributed by atoms with Crippen LogP contribution in [0.2, 0.25) is 0 Å². The summed E-state index contributed by atoms with van der Waals surface area (Å²) in [6.45, 7) is 0. The minimum Gasteiger partial charge on any atom is -0.508 e. The zero-order valence-corrected chi connectivity index (χ0v) is 11.3. The van der Waals surface area contributed by atoms with E-state index >= 15 is 0 Å². The van der Waals surface area contributed by atoms with Gasteiger partial charge in [0.1, 0.15) is 5.75 Å². The molecule has 0 saturated heterocycles. The van der Waals surface area contributed by atoms with Gasteiger partial charge in [-0.15, -0.1) is 0 Å². The Hall–Kier alpha value is -3.15. The van der Waals surface area contributed by atoms with Crippen molar-refractivity contribution >= 4 is 17.7 Å². The summed E-state index contributed by atoms with van der Waals surface area (Å²) in [6, 6.07) is 9.36. The summed E-state index contributed by atoms with van der Waals surface area (Å²) in [5.41, 5.74) is 0.698. The number of carbonyl (C=O) groups excluding carboxylic acids is 1. The van der Waals surface area contributed by atoms with Crippen LogP contribution in [-0.4, -0.2) is 33.0 Å². The highest BCUT2D eigenvalue weighted by atomic mass is 16.4. The first-order chi connectivity index (χ1) is 10.4. The van der Waals surface area contributed by atoms with Crippen molar-refractivity contribution < 1.29 is 29.7 Å². The van der Waals surface area contributed by atoms with Gasteiger partial charge < -0.3 is 15.3 Å². The van der Waals surface area contributed by atoms with Crippen LogP contribution in [0.3, 0.4) is 0 Å². The number of carbonyl (C=O) groups is 3. The number of ketones is 1. The Labute approximate surface area is 125 Å². The van der Waals surface area contributed by atoms with Crippen LogP contribution < -0.4 is 0 Å². The van der Waals surface area contributed by atoms with Gasteiger partial charge in [-0.05, 0) is 30.3 Å². The van der Waals surface area contributed by atoms with E-state index in [1.165, 1.54) is 42.5 Å². The van der Waals surface area contributed by atoms with Gasteiger partial charge in [0.15, 0.2) is 5.78 Å². The molecule has 0 aliphatic rings. The number of carboxylic acid groups (broad SMARTS) is 2. The van der Waals surface area contributed by atoms with Crippen LogP contribution in [0.5, 0.6) is 5.75 Å². The van der Waals surface area contributed by atoms with Crippen molar-refractivity contribution in [2.45, 2.75) is 6.42 Å². The van der Waals surface area contributed by atoms with E-state index in [0.29, 0.717) is 0 Å². The van der Waals surface area contributed by atoms with E-state index in [1.807, 2.05) is 0 Å². The fourth-order valence-corrected chi connectivity index (χ4v) is 1.96. The zero-order chi connectivity index (χ0) is 16.3. The van der Waals surface area contributed by atoms with Crippen molar-refractivity contribution in [3.05, 3.63) is 64.7 Å². The lowest BCUT2D eigenvalue weighted by Crippen LogP contribution is -2.05. The summed E-state index contributed by atoms with van der Waals surface area (Å²) in [4.78, 5) is 33.8. The molecule has 2 aromatic rings. The number of hydrogen-bond acceptors (Lipinski definition) is 4. The lowest BCUT2D eigenvalue weighted by atomic mass is 9.99. The van der Waals surface area contributed by atoms with Crippen LogP contribution >= 0.6 is 0 Å². The van der Waals surface area contributed by atoms with Crippen molar-refractivity contribution in [3.8, 4) is 5.75 Å². The third-order valence-corrected chi connectivity index (χ3v) is 3.08. The van der Waals surface area contributed by atoms with Gasteiger partial charge in [-0.2, -0.15) is 0 Å². The normalized spacial score (nSPS) is 10.2. The lowest BCUT2D eigenvalue weighted by Gasteiger charge is -2.06. The van der Waals surface area contributed by atoms with Crippen molar-refractivity contribution in [1.29, 1.82) is 0 Å². The maximum absolute atomic E-state index is 12.3. The van der Waals surface area contributed by atoms with Gasteiger partial charge in [0, 0.05) is 16.7 Å². The highest BCUT2D eigenvalue weighted by molar-refractivity contribution is 6.09. The Balaban J connectivity index is 2.32. The van der Waals surface area contributed by atoms with Crippen LogP contribution in [-0.2, 0) is 11.2 Å². The summed E-state index contributed by atoms with van der Waals surface area (Å²) in [6.07, 6.45) is -0.398.